The van der Waals surface area contributed by atoms with E-state index in [1.165, 1.54) is 12.1 Å². The van der Waals surface area contributed by atoms with E-state index >= 15 is 0 Å². The van der Waals surface area contributed by atoms with E-state index in [1.54, 1.807) is 20.8 Å². The number of carboxylic acids is 1. The highest BCUT2D eigenvalue weighted by Crippen LogP contribution is 2.22. The van der Waals surface area contributed by atoms with Gasteiger partial charge in [0.05, 0.1) is 17.5 Å². The van der Waals surface area contributed by atoms with Gasteiger partial charge in [0.1, 0.15) is 5.82 Å². The first-order valence-corrected chi connectivity index (χ1v) is 8.13. The minimum atomic E-state index is -1.14. The van der Waals surface area contributed by atoms with Crippen molar-refractivity contribution in [1.82, 2.24) is 10.6 Å². The smallest absolute Gasteiger partial charge is 0.305 e. The van der Waals surface area contributed by atoms with E-state index in [2.05, 4.69) is 10.6 Å². The summed E-state index contributed by atoms with van der Waals surface area (Å²) in [6.07, 6.45) is -0.421. The van der Waals surface area contributed by atoms with Crippen LogP contribution in [0.2, 0.25) is 5.02 Å². The molecule has 6 nitrogen and oxygen atoms in total. The lowest BCUT2D eigenvalue weighted by molar-refractivity contribution is -0.137. The highest BCUT2D eigenvalue weighted by molar-refractivity contribution is 6.30. The third kappa shape index (κ3) is 7.09. The zero-order valence-electron chi connectivity index (χ0n) is 14.4. The van der Waals surface area contributed by atoms with Crippen LogP contribution in [0, 0.1) is 11.2 Å². The summed E-state index contributed by atoms with van der Waals surface area (Å²) in [4.78, 5) is 34.7. The van der Waals surface area contributed by atoms with Crippen molar-refractivity contribution in [3.05, 3.63) is 34.6 Å². The molecule has 0 heterocycles. The molecule has 1 aromatic carbocycles. The van der Waals surface area contributed by atoms with Gasteiger partial charge in [0, 0.05) is 18.4 Å². The number of amides is 2. The van der Waals surface area contributed by atoms with Gasteiger partial charge in [0.15, 0.2) is 0 Å². The molecule has 0 aliphatic carbocycles. The SMILES string of the molecule is CC(C)(C)C(=O)NCCC(=O)NC(CC(=O)O)c1ccc(Cl)c(F)c1. The zero-order valence-corrected chi connectivity index (χ0v) is 15.1. The number of nitrogens with one attached hydrogen (secondary N) is 2. The number of carboxylic acid groups (broad SMARTS) is 1. The van der Waals surface area contributed by atoms with E-state index in [0.29, 0.717) is 5.56 Å². The van der Waals surface area contributed by atoms with Gasteiger partial charge in [-0.2, -0.15) is 0 Å². The summed E-state index contributed by atoms with van der Waals surface area (Å²) >= 11 is 5.61. The van der Waals surface area contributed by atoms with Crippen LogP contribution >= 0.6 is 11.6 Å². The van der Waals surface area contributed by atoms with Crippen LogP contribution in [0.3, 0.4) is 0 Å². The predicted molar refractivity (Wildman–Crippen MR) is 91.6 cm³/mol. The number of rotatable bonds is 7. The lowest BCUT2D eigenvalue weighted by atomic mass is 9.96. The fraction of sp³-hybridized carbons (Fsp3) is 0.471. The fourth-order valence-electron chi connectivity index (χ4n) is 1.98. The number of aliphatic carboxylic acids is 1. The Kier molecular flexibility index (Phi) is 7.36. The van der Waals surface area contributed by atoms with Gasteiger partial charge in [-0.1, -0.05) is 38.4 Å². The molecule has 0 bridgehead atoms. The van der Waals surface area contributed by atoms with Gasteiger partial charge in [-0.3, -0.25) is 14.4 Å². The Hall–Kier alpha value is -2.15. The fourth-order valence-corrected chi connectivity index (χ4v) is 2.09. The van der Waals surface area contributed by atoms with Gasteiger partial charge in [0.2, 0.25) is 11.8 Å². The Morgan fingerprint density at radius 2 is 1.92 bits per heavy atom. The molecule has 2 amide bonds. The van der Waals surface area contributed by atoms with E-state index in [1.807, 2.05) is 0 Å². The molecule has 1 aromatic rings. The molecule has 1 rings (SSSR count). The summed E-state index contributed by atoms with van der Waals surface area (Å²) in [7, 11) is 0. The molecule has 0 aliphatic rings. The van der Waals surface area contributed by atoms with Gasteiger partial charge in [-0.25, -0.2) is 4.39 Å². The minimum Gasteiger partial charge on any atom is -0.481 e. The first kappa shape index (κ1) is 20.9. The van der Waals surface area contributed by atoms with E-state index in [4.69, 9.17) is 16.7 Å². The van der Waals surface area contributed by atoms with Gasteiger partial charge in [0.25, 0.3) is 0 Å². The Labute approximate surface area is 150 Å². The zero-order chi connectivity index (χ0) is 19.2. The minimum absolute atomic E-state index is 0.0198. The van der Waals surface area contributed by atoms with Crippen LogP contribution in [0.25, 0.3) is 0 Å². The molecule has 1 atom stereocenters. The summed E-state index contributed by atoms with van der Waals surface area (Å²) in [5.74, 6) is -2.47. The molecule has 0 aliphatic heterocycles. The Morgan fingerprint density at radius 3 is 2.44 bits per heavy atom. The van der Waals surface area contributed by atoms with Gasteiger partial charge < -0.3 is 15.7 Å². The van der Waals surface area contributed by atoms with Crippen molar-refractivity contribution in [3.8, 4) is 0 Å². The van der Waals surface area contributed by atoms with Crippen LogP contribution in [0.15, 0.2) is 18.2 Å². The van der Waals surface area contributed by atoms with Crippen molar-refractivity contribution >= 4 is 29.4 Å². The summed E-state index contributed by atoms with van der Waals surface area (Å²) in [5, 5.41) is 14.1. The molecular weight excluding hydrogens is 351 g/mol. The number of halogens is 2. The highest BCUT2D eigenvalue weighted by Gasteiger charge is 2.22. The molecule has 0 radical (unpaired) electrons. The van der Waals surface area contributed by atoms with E-state index < -0.39 is 35.6 Å². The lowest BCUT2D eigenvalue weighted by Crippen LogP contribution is -2.38. The van der Waals surface area contributed by atoms with Crippen molar-refractivity contribution in [2.75, 3.05) is 6.54 Å². The summed E-state index contributed by atoms with van der Waals surface area (Å²) in [6, 6.07) is 2.96. The predicted octanol–water partition coefficient (Wildman–Crippen LogP) is 2.66. The number of carbonyl (C=O) groups excluding carboxylic acids is 2. The third-order valence-electron chi connectivity index (χ3n) is 3.38. The van der Waals surface area contributed by atoms with E-state index in [-0.39, 0.29) is 23.9 Å². The standard InChI is InChI=1S/C17H22ClFN2O4/c1-17(2,3)16(25)20-7-6-14(22)21-13(9-15(23)24)10-4-5-11(18)12(19)8-10/h4-5,8,13H,6-7,9H2,1-3H3,(H,20,25)(H,21,22)(H,23,24). The van der Waals surface area contributed by atoms with Crippen LogP contribution in [-0.4, -0.2) is 29.4 Å². The number of benzene rings is 1. The van der Waals surface area contributed by atoms with Crippen LogP contribution in [0.4, 0.5) is 4.39 Å². The van der Waals surface area contributed by atoms with Crippen molar-refractivity contribution in [1.29, 1.82) is 0 Å². The summed E-state index contributed by atoms with van der Waals surface area (Å²) < 4.78 is 13.6. The molecule has 0 spiro atoms. The first-order valence-electron chi connectivity index (χ1n) is 7.75. The summed E-state index contributed by atoms with van der Waals surface area (Å²) in [6.45, 7) is 5.37. The Morgan fingerprint density at radius 1 is 1.28 bits per heavy atom. The Balaban J connectivity index is 2.69. The molecule has 0 fully saturated rings. The molecule has 25 heavy (non-hydrogen) atoms. The quantitative estimate of drug-likeness (QED) is 0.685. The number of carbonyl (C=O) groups is 3. The van der Waals surface area contributed by atoms with Gasteiger partial charge in [-0.05, 0) is 17.7 Å². The number of hydrogen-bond acceptors (Lipinski definition) is 3. The molecule has 0 saturated heterocycles. The molecule has 8 heteroatoms. The van der Waals surface area contributed by atoms with Crippen LogP contribution < -0.4 is 10.6 Å². The van der Waals surface area contributed by atoms with Crippen LogP contribution in [-0.2, 0) is 14.4 Å². The van der Waals surface area contributed by atoms with Crippen molar-refractivity contribution in [2.45, 2.75) is 39.7 Å². The maximum atomic E-state index is 13.6. The van der Waals surface area contributed by atoms with Crippen LogP contribution in [0.1, 0.15) is 45.2 Å². The topological polar surface area (TPSA) is 95.5 Å². The molecule has 1 unspecified atom stereocenters. The molecule has 0 aromatic heterocycles. The second kappa shape index (κ2) is 8.80. The maximum Gasteiger partial charge on any atom is 0.305 e. The lowest BCUT2D eigenvalue weighted by Gasteiger charge is -2.19. The van der Waals surface area contributed by atoms with Gasteiger partial charge in [-0.15, -0.1) is 0 Å². The van der Waals surface area contributed by atoms with Crippen molar-refractivity contribution < 1.29 is 23.9 Å². The second-order valence-electron chi connectivity index (χ2n) is 6.65. The first-order chi connectivity index (χ1) is 11.5. The maximum absolute atomic E-state index is 13.6. The van der Waals surface area contributed by atoms with Gasteiger partial charge >= 0.3 is 5.97 Å². The Bertz CT molecular complexity index is 659. The summed E-state index contributed by atoms with van der Waals surface area (Å²) in [5.41, 5.74) is -0.264. The largest absolute Gasteiger partial charge is 0.481 e. The molecule has 3 N–H and O–H groups in total. The average molecular weight is 373 g/mol. The molecule has 0 saturated carbocycles. The van der Waals surface area contributed by atoms with Crippen LogP contribution in [0.5, 0.6) is 0 Å². The molecule has 138 valence electrons. The average Bonchev–Trinajstić information content (AvgIpc) is 2.47. The second-order valence-corrected chi connectivity index (χ2v) is 7.05. The normalized spacial score (nSPS) is 12.4. The monoisotopic (exact) mass is 372 g/mol. The van der Waals surface area contributed by atoms with E-state index in [9.17, 15) is 18.8 Å². The highest BCUT2D eigenvalue weighted by atomic mass is 35.5. The number of hydrogen-bond donors (Lipinski definition) is 3. The third-order valence-corrected chi connectivity index (χ3v) is 3.69. The van der Waals surface area contributed by atoms with Crippen molar-refractivity contribution in [2.24, 2.45) is 5.41 Å². The van der Waals surface area contributed by atoms with E-state index in [0.717, 1.165) is 6.07 Å². The van der Waals surface area contributed by atoms with Crippen molar-refractivity contribution in [3.63, 3.8) is 0 Å². The molecular formula is C17H22ClFN2O4.